The van der Waals surface area contributed by atoms with E-state index in [1.807, 2.05) is 97.1 Å². The number of aromatic hydroxyl groups is 1. The van der Waals surface area contributed by atoms with Crippen molar-refractivity contribution in [2.45, 2.75) is 126 Å². The lowest BCUT2D eigenvalue weighted by molar-refractivity contribution is -0.154. The lowest BCUT2D eigenvalue weighted by Gasteiger charge is -2.29. The Kier molecular flexibility index (Phi) is 26.0. The van der Waals surface area contributed by atoms with Gasteiger partial charge in [-0.15, -0.1) is 0 Å². The minimum absolute atomic E-state index is 0.0244. The summed E-state index contributed by atoms with van der Waals surface area (Å²) in [4.78, 5) is 170. The smallest absolute Gasteiger partial charge is 0.407 e. The van der Waals surface area contributed by atoms with Gasteiger partial charge in [0.25, 0.3) is 0 Å². The van der Waals surface area contributed by atoms with Crippen molar-refractivity contribution in [2.75, 3.05) is 32.8 Å². The lowest BCUT2D eigenvalue weighted by atomic mass is 9.98. The first-order chi connectivity index (χ1) is 52.7. The van der Waals surface area contributed by atoms with Crippen molar-refractivity contribution in [1.29, 1.82) is 0 Å². The Labute approximate surface area is 628 Å². The highest BCUT2D eigenvalue weighted by Crippen LogP contribution is 2.46. The van der Waals surface area contributed by atoms with Gasteiger partial charge in [-0.25, -0.2) is 14.4 Å². The number of unbranched alkanes of at least 4 members (excludes halogenated alkanes) is 1. The fourth-order valence-corrected chi connectivity index (χ4v) is 14.3. The molecule has 7 atom stereocenters. The number of hydrogen-bond donors (Lipinski definition) is 11. The van der Waals surface area contributed by atoms with E-state index in [2.05, 4.69) is 52.3 Å². The molecule has 1 fully saturated rings. The lowest BCUT2D eigenvalue weighted by Crippen LogP contribution is -2.60. The minimum Gasteiger partial charge on any atom is -0.508 e. The number of amides is 9. The second-order valence-corrected chi connectivity index (χ2v) is 27.5. The number of ether oxygens (including phenoxy) is 3. The number of nitrogens with one attached hydrogen (secondary N) is 9. The Balaban J connectivity index is 0.778. The molecule has 0 unspecified atom stereocenters. The molecule has 11 N–H and O–H groups in total. The predicted molar refractivity (Wildman–Crippen MR) is 400 cm³/mol. The number of alkyl carbamates (subject to hydrolysis) is 2. The molecule has 9 amide bonds. The average molecular weight is 1480 g/mol. The number of carboxylic acid groups (broad SMARTS) is 1. The number of carbonyl (C=O) groups excluding carboxylic acids is 11. The third-order valence-corrected chi connectivity index (χ3v) is 19.8. The zero-order valence-electron chi connectivity index (χ0n) is 60.0. The quantitative estimate of drug-likeness (QED) is 0.00643. The van der Waals surface area contributed by atoms with Crippen LogP contribution in [0.5, 0.6) is 5.75 Å². The number of aromatic nitrogens is 1. The van der Waals surface area contributed by atoms with E-state index in [-0.39, 0.29) is 95.3 Å². The van der Waals surface area contributed by atoms with E-state index in [1.54, 1.807) is 86.8 Å². The summed E-state index contributed by atoms with van der Waals surface area (Å²) in [7, 11) is 0. The van der Waals surface area contributed by atoms with E-state index in [0.29, 0.717) is 34.0 Å². The van der Waals surface area contributed by atoms with Gasteiger partial charge < -0.3 is 76.8 Å². The molecule has 1 aliphatic heterocycles. The van der Waals surface area contributed by atoms with Crippen LogP contribution in [0.3, 0.4) is 0 Å². The van der Waals surface area contributed by atoms with Crippen molar-refractivity contribution in [1.82, 2.24) is 52.4 Å². The van der Waals surface area contributed by atoms with Gasteiger partial charge >= 0.3 is 30.6 Å². The van der Waals surface area contributed by atoms with Crippen LogP contribution in [0.15, 0.2) is 182 Å². The molecular weight excluding hydrogens is 1400 g/mol. The molecule has 2 aliphatic carbocycles. The summed E-state index contributed by atoms with van der Waals surface area (Å²) in [6, 6.07) is 42.8. The molecule has 566 valence electrons. The van der Waals surface area contributed by atoms with E-state index >= 15 is 0 Å². The number of H-pyrrole nitrogens is 1. The molecule has 3 aliphatic rings. The van der Waals surface area contributed by atoms with Gasteiger partial charge in [-0.1, -0.05) is 172 Å². The average Bonchev–Trinajstić information content (AvgIpc) is 1.62. The highest BCUT2D eigenvalue weighted by Gasteiger charge is 2.41. The van der Waals surface area contributed by atoms with Gasteiger partial charge in [0, 0.05) is 61.3 Å². The number of phenols is 1. The third-order valence-electron chi connectivity index (χ3n) is 19.8. The van der Waals surface area contributed by atoms with Crippen molar-refractivity contribution in [2.24, 2.45) is 5.92 Å². The monoisotopic (exact) mass is 1480 g/mol. The van der Waals surface area contributed by atoms with E-state index < -0.39 is 127 Å². The molecule has 7 aromatic carbocycles. The van der Waals surface area contributed by atoms with Gasteiger partial charge in [0.2, 0.25) is 41.4 Å². The van der Waals surface area contributed by atoms with Crippen LogP contribution in [0.4, 0.5) is 9.59 Å². The van der Waals surface area contributed by atoms with Crippen molar-refractivity contribution >= 4 is 82.9 Å². The number of fused-ring (bicyclic) bond motifs is 7. The Morgan fingerprint density at radius 2 is 1.04 bits per heavy atom. The Morgan fingerprint density at radius 1 is 0.532 bits per heavy atom. The predicted octanol–water partition coefficient (Wildman–Crippen LogP) is 6.88. The highest BCUT2D eigenvalue weighted by atomic mass is 16.6. The van der Waals surface area contributed by atoms with Crippen LogP contribution in [0.1, 0.15) is 103 Å². The topological polar surface area (TPSA) is 388 Å². The fraction of sp³-hybridized carbons (Fsp3) is 0.317. The summed E-state index contributed by atoms with van der Waals surface area (Å²) in [5.74, 6) is -10.0. The van der Waals surface area contributed by atoms with Gasteiger partial charge in [-0.05, 0) is 117 Å². The van der Waals surface area contributed by atoms with Crippen molar-refractivity contribution in [3.8, 4) is 28.0 Å². The fourth-order valence-electron chi connectivity index (χ4n) is 14.3. The van der Waals surface area contributed by atoms with E-state index in [1.165, 1.54) is 12.1 Å². The first-order valence-electron chi connectivity index (χ1n) is 36.2. The van der Waals surface area contributed by atoms with Crippen LogP contribution in [-0.4, -0.2) is 167 Å². The number of para-hydroxylation sites is 1. The number of nitrogens with zero attached hydrogens (tertiary/aromatic N) is 1. The maximum absolute atomic E-state index is 15.0. The summed E-state index contributed by atoms with van der Waals surface area (Å²) >= 11 is 0. The van der Waals surface area contributed by atoms with Gasteiger partial charge in [0.15, 0.2) is 0 Å². The largest absolute Gasteiger partial charge is 0.508 e. The maximum Gasteiger partial charge on any atom is 0.407 e. The zero-order valence-corrected chi connectivity index (χ0v) is 60.0. The van der Waals surface area contributed by atoms with Gasteiger partial charge in [0.05, 0.1) is 13.0 Å². The molecule has 2 heterocycles. The van der Waals surface area contributed by atoms with Crippen molar-refractivity contribution in [3.05, 3.63) is 221 Å². The molecule has 11 rings (SSSR count). The number of aromatic amines is 1. The standard InChI is InChI=1S/C82H86N10O17/c1-48(2)73(78(101)88-66(39-49-19-4-3-5-20-49)75(98)87-68(41-51-43-84-64-30-15-14-21-53(51)64)77(100)89-69(42-72(96)109-47-93)79(102)92-38-18-32-70(92)80(103)104)91-71(95)44-85-74(97)65(31-16-17-37-83-81(105)107-45-62-58-26-10-6-22-54(58)55-23-7-11-27-59(55)62)86-76(99)67(40-50-33-35-52(94)36-34-50)90-82(106)108-46-63-60-28-12-8-24-56(60)57-25-9-13-29-61(57)63/h3-15,19-30,33-36,43,47-48,62-63,65-70,73,84,94H,16-18,31-32,37-42,44-46H2,1-2H3,(H,83,105)(H,85,97)(H,86,99)(H,87,98)(H,88,101)(H,89,100)(H,90,106)(H,91,95)(H,103,104)/t65-,66-,67-,68-,69-,70-,73-/m0/s1. The van der Waals surface area contributed by atoms with Crippen LogP contribution in [-0.2, 0) is 81.4 Å². The second-order valence-electron chi connectivity index (χ2n) is 27.5. The second kappa shape index (κ2) is 36.5. The normalized spacial score (nSPS) is 15.0. The molecule has 27 heteroatoms. The molecule has 0 saturated carbocycles. The van der Waals surface area contributed by atoms with Gasteiger partial charge in [-0.2, -0.15) is 0 Å². The summed E-state index contributed by atoms with van der Waals surface area (Å²) in [6.07, 6.45) is -0.597. The maximum atomic E-state index is 15.0. The van der Waals surface area contributed by atoms with Crippen LogP contribution in [0.25, 0.3) is 33.2 Å². The molecule has 109 heavy (non-hydrogen) atoms. The summed E-state index contributed by atoms with van der Waals surface area (Å²) < 4.78 is 16.1. The number of hydrogen-bond acceptors (Lipinski definition) is 16. The van der Waals surface area contributed by atoms with E-state index in [0.717, 1.165) is 49.4 Å². The molecule has 1 aromatic heterocycles. The molecule has 27 nitrogen and oxygen atoms in total. The molecule has 1 saturated heterocycles. The van der Waals surface area contributed by atoms with Crippen molar-refractivity contribution in [3.63, 3.8) is 0 Å². The Morgan fingerprint density at radius 3 is 1.61 bits per heavy atom. The van der Waals surface area contributed by atoms with Crippen LogP contribution < -0.4 is 42.5 Å². The van der Waals surface area contributed by atoms with E-state index in [9.17, 15) is 67.7 Å². The number of aliphatic carboxylic acids is 1. The number of carbonyl (C=O) groups is 12. The molecule has 0 bridgehead atoms. The molecule has 0 spiro atoms. The molecule has 0 radical (unpaired) electrons. The minimum atomic E-state index is -1.77. The number of benzene rings is 7. The Bertz CT molecular complexity index is 4570. The number of likely N-dealkylation sites (tertiary alicyclic amines) is 1. The van der Waals surface area contributed by atoms with E-state index in [4.69, 9.17) is 9.47 Å². The molecule has 8 aromatic rings. The number of esters is 1. The van der Waals surface area contributed by atoms with Gasteiger partial charge in [-0.3, -0.25) is 43.2 Å². The summed E-state index contributed by atoms with van der Waals surface area (Å²) in [5, 5.41) is 42.2. The number of rotatable bonds is 34. The first kappa shape index (κ1) is 77.4. The Hall–Kier alpha value is -12.7. The highest BCUT2D eigenvalue weighted by molar-refractivity contribution is 5.99. The van der Waals surface area contributed by atoms with Crippen molar-refractivity contribution < 1.29 is 82.0 Å². The molecular formula is C82H86N10O17. The summed E-state index contributed by atoms with van der Waals surface area (Å²) in [6.45, 7) is 2.41. The number of phenolic OH excluding ortho intramolecular Hbond substituents is 1. The number of carboxylic acids is 1. The third kappa shape index (κ3) is 19.7. The van der Waals surface area contributed by atoms with Gasteiger partial charge in [0.1, 0.15) is 61.3 Å². The summed E-state index contributed by atoms with van der Waals surface area (Å²) in [5.41, 5.74) is 10.4. The SMILES string of the molecule is CC(C)[C@H](NC(=O)CNC(=O)[C@H](CCCCNC(=O)OCC1c2ccccc2-c2ccccc21)NC(=O)[C@H](Cc1ccc(O)cc1)NC(=O)OCC1c2ccccc2-c2ccccc21)C(=O)N[C@@H](Cc1ccccc1)C(=O)N[C@@H](Cc1c[nH]c2ccccc12)C(=O)N[C@@H](CC(=O)OC=O)C(=O)N1CCC[C@H]1C(=O)O. The van der Waals surface area contributed by atoms with Crippen LogP contribution in [0, 0.1) is 5.92 Å². The van der Waals surface area contributed by atoms with Crippen LogP contribution >= 0.6 is 0 Å². The zero-order chi connectivity index (χ0) is 77.1. The van der Waals surface area contributed by atoms with Crippen LogP contribution in [0.2, 0.25) is 0 Å². The first-order valence-corrected chi connectivity index (χ1v) is 36.2.